The number of rotatable bonds is 0. The van der Waals surface area contributed by atoms with E-state index in [1.54, 1.807) is 0 Å². The van der Waals surface area contributed by atoms with Gasteiger partial charge in [-0.25, -0.2) is 0 Å². The molecule has 0 unspecified atom stereocenters. The molecule has 2 rings (SSSR count). The fourth-order valence-electron chi connectivity index (χ4n) is 1.34. The van der Waals surface area contributed by atoms with Gasteiger partial charge in [0.2, 0.25) is 0 Å². The highest BCUT2D eigenvalue weighted by molar-refractivity contribution is 5.47. The normalized spacial score (nSPS) is 22.4. The molecule has 0 amide bonds. The minimum atomic E-state index is 1.03. The second kappa shape index (κ2) is 2.33. The zero-order chi connectivity index (χ0) is 6.81. The Hall–Kier alpha value is -0.980. The third-order valence-electron chi connectivity index (χ3n) is 1.87. The SMILES string of the molecule is C1=CC(=C2CCC[N-]2)C=C1. The van der Waals surface area contributed by atoms with Crippen molar-refractivity contribution in [3.05, 3.63) is 40.9 Å². The predicted octanol–water partition coefficient (Wildman–Crippen LogP) is 2.53. The van der Waals surface area contributed by atoms with Crippen molar-refractivity contribution in [2.24, 2.45) is 0 Å². The number of nitrogens with zero attached hydrogens (tertiary/aromatic N) is 1. The molecule has 1 aliphatic heterocycles. The maximum absolute atomic E-state index is 4.39. The molecule has 1 aliphatic carbocycles. The van der Waals surface area contributed by atoms with E-state index in [1.165, 1.54) is 24.1 Å². The Balaban J connectivity index is 2.26. The summed E-state index contributed by atoms with van der Waals surface area (Å²) in [4.78, 5) is 0. The lowest BCUT2D eigenvalue weighted by atomic mass is 10.2. The lowest BCUT2D eigenvalue weighted by molar-refractivity contribution is 0.985. The third kappa shape index (κ3) is 0.878. The minimum Gasteiger partial charge on any atom is -0.687 e. The van der Waals surface area contributed by atoms with E-state index in [0.29, 0.717) is 0 Å². The molecule has 1 fully saturated rings. The molecule has 0 aromatic rings. The van der Waals surface area contributed by atoms with Crippen LogP contribution in [0.25, 0.3) is 5.32 Å². The van der Waals surface area contributed by atoms with Gasteiger partial charge in [0.15, 0.2) is 0 Å². The summed E-state index contributed by atoms with van der Waals surface area (Å²) in [6.45, 7) is 1.03. The molecular weight excluding hydrogens is 122 g/mol. The van der Waals surface area contributed by atoms with Crippen LogP contribution in [0.15, 0.2) is 35.6 Å². The van der Waals surface area contributed by atoms with Crippen LogP contribution >= 0.6 is 0 Å². The molecule has 0 aromatic carbocycles. The summed E-state index contributed by atoms with van der Waals surface area (Å²) < 4.78 is 0. The van der Waals surface area contributed by atoms with Gasteiger partial charge in [-0.05, 0) is 12.0 Å². The lowest BCUT2D eigenvalue weighted by Crippen LogP contribution is -1.75. The predicted molar refractivity (Wildman–Crippen MR) is 42.8 cm³/mol. The molecule has 52 valence electrons. The first-order valence-corrected chi connectivity index (χ1v) is 3.72. The van der Waals surface area contributed by atoms with Crippen molar-refractivity contribution < 1.29 is 0 Å². The second-order valence-corrected chi connectivity index (χ2v) is 2.61. The quantitative estimate of drug-likeness (QED) is 0.481. The first kappa shape index (κ1) is 5.78. The van der Waals surface area contributed by atoms with Gasteiger partial charge in [-0.15, -0.1) is 6.54 Å². The summed E-state index contributed by atoms with van der Waals surface area (Å²) in [5.41, 5.74) is 2.61. The Bertz CT molecular complexity index is 199. The van der Waals surface area contributed by atoms with E-state index in [-0.39, 0.29) is 0 Å². The van der Waals surface area contributed by atoms with Gasteiger partial charge < -0.3 is 5.32 Å². The highest BCUT2D eigenvalue weighted by atomic mass is 14.9. The summed E-state index contributed by atoms with van der Waals surface area (Å²) in [7, 11) is 0. The Labute approximate surface area is 61.1 Å². The van der Waals surface area contributed by atoms with Crippen molar-refractivity contribution in [1.82, 2.24) is 0 Å². The molecule has 2 aliphatic rings. The van der Waals surface area contributed by atoms with E-state index < -0.39 is 0 Å². The minimum absolute atomic E-state index is 1.03. The topological polar surface area (TPSA) is 14.1 Å². The zero-order valence-corrected chi connectivity index (χ0v) is 5.88. The van der Waals surface area contributed by atoms with Gasteiger partial charge in [-0.1, -0.05) is 30.7 Å². The summed E-state index contributed by atoms with van der Waals surface area (Å²) in [5.74, 6) is 0. The lowest BCUT2D eigenvalue weighted by Gasteiger charge is -2.14. The highest BCUT2D eigenvalue weighted by Crippen LogP contribution is 2.27. The molecule has 0 saturated carbocycles. The third-order valence-corrected chi connectivity index (χ3v) is 1.87. The van der Waals surface area contributed by atoms with Gasteiger partial charge in [-0.2, -0.15) is 5.70 Å². The number of allylic oxidation sites excluding steroid dienone is 6. The molecule has 1 nitrogen and oxygen atoms in total. The summed E-state index contributed by atoms with van der Waals surface area (Å²) in [6.07, 6.45) is 10.8. The molecule has 1 saturated heterocycles. The Morgan fingerprint density at radius 3 is 2.60 bits per heavy atom. The van der Waals surface area contributed by atoms with E-state index in [9.17, 15) is 0 Å². The van der Waals surface area contributed by atoms with Crippen LogP contribution in [0, 0.1) is 0 Å². The monoisotopic (exact) mass is 132 g/mol. The fourth-order valence-corrected chi connectivity index (χ4v) is 1.34. The highest BCUT2D eigenvalue weighted by Gasteiger charge is 1.99. The molecule has 0 radical (unpaired) electrons. The fraction of sp³-hybridized carbons (Fsp3) is 0.333. The van der Waals surface area contributed by atoms with Crippen LogP contribution < -0.4 is 0 Å². The maximum Gasteiger partial charge on any atom is -0.0446 e. The molecule has 0 N–H and O–H groups in total. The molecular formula is C9H10N-. The molecule has 10 heavy (non-hydrogen) atoms. The second-order valence-electron chi connectivity index (χ2n) is 2.61. The van der Waals surface area contributed by atoms with Crippen LogP contribution in [-0.2, 0) is 0 Å². The molecule has 1 heterocycles. The van der Waals surface area contributed by atoms with Crippen molar-refractivity contribution in [2.75, 3.05) is 6.54 Å². The molecule has 0 spiro atoms. The van der Waals surface area contributed by atoms with Crippen molar-refractivity contribution >= 4 is 0 Å². The van der Waals surface area contributed by atoms with Gasteiger partial charge in [0, 0.05) is 0 Å². The smallest absolute Gasteiger partial charge is 0.0446 e. The van der Waals surface area contributed by atoms with Crippen molar-refractivity contribution in [1.29, 1.82) is 0 Å². The number of hydrogen-bond acceptors (Lipinski definition) is 0. The van der Waals surface area contributed by atoms with Gasteiger partial charge in [0.1, 0.15) is 0 Å². The van der Waals surface area contributed by atoms with Crippen molar-refractivity contribution in [3.63, 3.8) is 0 Å². The summed E-state index contributed by atoms with van der Waals surface area (Å²) in [5, 5.41) is 4.39. The first-order chi connectivity index (χ1) is 4.97. The van der Waals surface area contributed by atoms with E-state index in [1.807, 2.05) is 0 Å². The standard InChI is InChI=1S/C9H10N/c1-2-5-8(4-1)9-6-3-7-10-9/h1-2,4-5H,3,6-7H2/q-1. The summed E-state index contributed by atoms with van der Waals surface area (Å²) >= 11 is 0. The van der Waals surface area contributed by atoms with Crippen LogP contribution in [0.5, 0.6) is 0 Å². The largest absolute Gasteiger partial charge is 0.687 e. The zero-order valence-electron chi connectivity index (χ0n) is 5.88. The van der Waals surface area contributed by atoms with Gasteiger partial charge >= 0.3 is 0 Å². The van der Waals surface area contributed by atoms with E-state index >= 15 is 0 Å². The van der Waals surface area contributed by atoms with E-state index in [4.69, 9.17) is 0 Å². The average molecular weight is 132 g/mol. The van der Waals surface area contributed by atoms with Crippen molar-refractivity contribution in [3.8, 4) is 0 Å². The van der Waals surface area contributed by atoms with Crippen LogP contribution in [0.3, 0.4) is 0 Å². The Morgan fingerprint density at radius 2 is 2.00 bits per heavy atom. The van der Waals surface area contributed by atoms with Crippen LogP contribution in [0.4, 0.5) is 0 Å². The van der Waals surface area contributed by atoms with E-state index in [0.717, 1.165) is 6.54 Å². The Kier molecular flexibility index (Phi) is 1.35. The van der Waals surface area contributed by atoms with Crippen molar-refractivity contribution in [2.45, 2.75) is 12.8 Å². The molecule has 0 aromatic heterocycles. The van der Waals surface area contributed by atoms with Crippen LogP contribution in [0.1, 0.15) is 12.8 Å². The molecule has 0 bridgehead atoms. The number of hydrogen-bond donors (Lipinski definition) is 0. The van der Waals surface area contributed by atoms with E-state index in [2.05, 4.69) is 29.6 Å². The molecule has 1 heteroatoms. The first-order valence-electron chi connectivity index (χ1n) is 3.72. The Morgan fingerprint density at radius 1 is 1.20 bits per heavy atom. The van der Waals surface area contributed by atoms with Gasteiger partial charge in [0.25, 0.3) is 0 Å². The average Bonchev–Trinajstić information content (AvgIpc) is 2.59. The summed E-state index contributed by atoms with van der Waals surface area (Å²) in [6, 6.07) is 0. The maximum atomic E-state index is 4.39. The van der Waals surface area contributed by atoms with Gasteiger partial charge in [0.05, 0.1) is 0 Å². The van der Waals surface area contributed by atoms with Crippen LogP contribution in [0.2, 0.25) is 0 Å². The van der Waals surface area contributed by atoms with Gasteiger partial charge in [-0.3, -0.25) is 0 Å². The molecule has 0 atom stereocenters. The van der Waals surface area contributed by atoms with Crippen LogP contribution in [-0.4, -0.2) is 6.54 Å².